The first kappa shape index (κ1) is 15.5. The number of fused-ring (bicyclic) bond motifs is 1. The van der Waals surface area contributed by atoms with Crippen molar-refractivity contribution in [2.45, 2.75) is 50.2 Å². The highest BCUT2D eigenvalue weighted by Crippen LogP contribution is 2.46. The molecule has 1 aliphatic carbocycles. The fourth-order valence-corrected chi connectivity index (χ4v) is 3.78. The van der Waals surface area contributed by atoms with Crippen LogP contribution in [-0.4, -0.2) is 30.1 Å². The number of anilines is 2. The van der Waals surface area contributed by atoms with E-state index in [9.17, 15) is 18.4 Å². The summed E-state index contributed by atoms with van der Waals surface area (Å²) in [7, 11) is 0. The van der Waals surface area contributed by atoms with Gasteiger partial charge in [0.25, 0.3) is 0 Å². The Balaban J connectivity index is 1.52. The molecule has 1 atom stereocenters. The van der Waals surface area contributed by atoms with Crippen LogP contribution in [0.15, 0.2) is 12.1 Å². The molecule has 2 fully saturated rings. The Bertz CT molecular complexity index is 718. The predicted octanol–water partition coefficient (Wildman–Crippen LogP) is 2.74. The van der Waals surface area contributed by atoms with Crippen molar-refractivity contribution in [2.75, 3.05) is 16.8 Å². The van der Waals surface area contributed by atoms with Gasteiger partial charge in [0.05, 0.1) is 29.5 Å². The molecule has 1 aromatic carbocycles. The lowest BCUT2D eigenvalue weighted by molar-refractivity contribution is -0.128. The third kappa shape index (κ3) is 2.56. The summed E-state index contributed by atoms with van der Waals surface area (Å²) in [6.07, 6.45) is 4.99. The van der Waals surface area contributed by atoms with Gasteiger partial charge in [0, 0.05) is 12.1 Å². The average molecular weight is 336 g/mol. The lowest BCUT2D eigenvalue weighted by Gasteiger charge is -2.38. The van der Waals surface area contributed by atoms with Crippen LogP contribution in [0.3, 0.4) is 0 Å². The number of nitrogens with one attached hydrogen (secondary N) is 1. The second-order valence-corrected chi connectivity index (χ2v) is 6.83. The van der Waals surface area contributed by atoms with Crippen LogP contribution in [-0.2, 0) is 14.3 Å². The monoisotopic (exact) mass is 336 g/mol. The van der Waals surface area contributed by atoms with Crippen LogP contribution in [0.1, 0.15) is 38.5 Å². The molecule has 3 aliphatic rings. The van der Waals surface area contributed by atoms with Gasteiger partial charge in [-0.15, -0.1) is 0 Å². The number of halogens is 2. The highest BCUT2D eigenvalue weighted by Gasteiger charge is 2.45. The third-order valence-corrected chi connectivity index (χ3v) is 5.21. The van der Waals surface area contributed by atoms with Gasteiger partial charge in [-0.1, -0.05) is 0 Å². The first-order valence-electron chi connectivity index (χ1n) is 8.23. The SMILES string of the molecule is O=C1CN(C(=O)C[C@H]2CCC3(CCC3)O2)c2cc(F)c(F)cc2N1. The van der Waals surface area contributed by atoms with Crippen LogP contribution in [0.25, 0.3) is 0 Å². The Kier molecular flexibility index (Phi) is 3.56. The molecule has 5 nitrogen and oxygen atoms in total. The highest BCUT2D eigenvalue weighted by molar-refractivity contribution is 6.10. The fraction of sp³-hybridized carbons (Fsp3) is 0.529. The predicted molar refractivity (Wildman–Crippen MR) is 82.6 cm³/mol. The van der Waals surface area contributed by atoms with Gasteiger partial charge in [-0.05, 0) is 32.1 Å². The normalized spacial score (nSPS) is 24.5. The Morgan fingerprint density at radius 2 is 2.04 bits per heavy atom. The van der Waals surface area contributed by atoms with Crippen molar-refractivity contribution in [1.29, 1.82) is 0 Å². The Hall–Kier alpha value is -2.02. The first-order chi connectivity index (χ1) is 11.5. The van der Waals surface area contributed by atoms with Crippen LogP contribution in [0, 0.1) is 11.6 Å². The number of hydrogen-bond acceptors (Lipinski definition) is 3. The molecule has 1 N–H and O–H groups in total. The molecule has 1 saturated carbocycles. The molecule has 128 valence electrons. The minimum absolute atomic E-state index is 0.0443. The first-order valence-corrected chi connectivity index (χ1v) is 8.23. The van der Waals surface area contributed by atoms with E-state index in [4.69, 9.17) is 4.74 Å². The van der Waals surface area contributed by atoms with Crippen molar-refractivity contribution < 1.29 is 23.1 Å². The number of carbonyl (C=O) groups excluding carboxylic acids is 2. The summed E-state index contributed by atoms with van der Waals surface area (Å²) in [6, 6.07) is 1.85. The van der Waals surface area contributed by atoms with Crippen molar-refractivity contribution >= 4 is 23.2 Å². The molecule has 0 aromatic heterocycles. The molecular weight excluding hydrogens is 318 g/mol. The molecular formula is C17H18F2N2O3. The second kappa shape index (κ2) is 5.51. The van der Waals surface area contributed by atoms with Crippen LogP contribution in [0.2, 0.25) is 0 Å². The average Bonchev–Trinajstić information content (AvgIpc) is 2.92. The smallest absolute Gasteiger partial charge is 0.244 e. The summed E-state index contributed by atoms with van der Waals surface area (Å²) in [5.41, 5.74) is 0.258. The summed E-state index contributed by atoms with van der Waals surface area (Å²) < 4.78 is 32.9. The Morgan fingerprint density at radius 3 is 2.71 bits per heavy atom. The zero-order valence-electron chi connectivity index (χ0n) is 13.1. The maximum absolute atomic E-state index is 13.6. The molecule has 24 heavy (non-hydrogen) atoms. The van der Waals surface area contributed by atoms with Crippen LogP contribution in [0.5, 0.6) is 0 Å². The van der Waals surface area contributed by atoms with Gasteiger partial charge in [-0.3, -0.25) is 9.59 Å². The van der Waals surface area contributed by atoms with Crippen molar-refractivity contribution in [3.63, 3.8) is 0 Å². The van der Waals surface area contributed by atoms with Gasteiger partial charge < -0.3 is 15.0 Å². The van der Waals surface area contributed by atoms with Crippen LogP contribution in [0.4, 0.5) is 20.2 Å². The van der Waals surface area contributed by atoms with E-state index in [-0.39, 0.29) is 42.0 Å². The Labute approximate surface area is 138 Å². The number of amides is 2. The summed E-state index contributed by atoms with van der Waals surface area (Å²) in [6.45, 7) is -0.200. The topological polar surface area (TPSA) is 58.6 Å². The van der Waals surface area contributed by atoms with E-state index >= 15 is 0 Å². The van der Waals surface area contributed by atoms with Crippen LogP contribution >= 0.6 is 0 Å². The molecule has 0 radical (unpaired) electrons. The summed E-state index contributed by atoms with van der Waals surface area (Å²) in [5, 5.41) is 2.47. The number of hydrogen-bond donors (Lipinski definition) is 1. The lowest BCUT2D eigenvalue weighted by Crippen LogP contribution is -2.44. The van der Waals surface area contributed by atoms with E-state index < -0.39 is 17.5 Å². The standard InChI is InChI=1S/C17H18F2N2O3/c18-11-7-13-14(8-12(11)19)21(9-15(22)20-13)16(23)6-10-2-5-17(24-10)3-1-4-17/h7-8,10H,1-6,9H2,(H,20,22)/t10-/m1/s1. The third-order valence-electron chi connectivity index (χ3n) is 5.21. The summed E-state index contributed by atoms with van der Waals surface area (Å²) in [4.78, 5) is 25.6. The molecule has 2 aliphatic heterocycles. The second-order valence-electron chi connectivity index (χ2n) is 6.83. The molecule has 0 bridgehead atoms. The quantitative estimate of drug-likeness (QED) is 0.903. The molecule has 4 rings (SSSR count). The van der Waals surface area contributed by atoms with Gasteiger partial charge in [0.15, 0.2) is 11.6 Å². The van der Waals surface area contributed by atoms with Crippen molar-refractivity contribution in [2.24, 2.45) is 0 Å². The minimum Gasteiger partial charge on any atom is -0.371 e. The van der Waals surface area contributed by atoms with E-state index in [1.165, 1.54) is 4.90 Å². The zero-order valence-corrected chi connectivity index (χ0v) is 13.1. The van der Waals surface area contributed by atoms with E-state index in [1.807, 2.05) is 0 Å². The zero-order chi connectivity index (χ0) is 16.9. The van der Waals surface area contributed by atoms with Gasteiger partial charge in [0.2, 0.25) is 11.8 Å². The van der Waals surface area contributed by atoms with Gasteiger partial charge >= 0.3 is 0 Å². The van der Waals surface area contributed by atoms with Crippen LogP contribution < -0.4 is 10.2 Å². The number of benzene rings is 1. The molecule has 7 heteroatoms. The maximum Gasteiger partial charge on any atom is 0.244 e. The largest absolute Gasteiger partial charge is 0.371 e. The van der Waals surface area contributed by atoms with Gasteiger partial charge in [-0.2, -0.15) is 0 Å². The van der Waals surface area contributed by atoms with E-state index in [0.29, 0.717) is 0 Å². The fourth-order valence-electron chi connectivity index (χ4n) is 3.78. The van der Waals surface area contributed by atoms with E-state index in [2.05, 4.69) is 5.32 Å². The molecule has 1 aromatic rings. The summed E-state index contributed by atoms with van der Waals surface area (Å²) in [5.74, 6) is -2.84. The van der Waals surface area contributed by atoms with Crippen molar-refractivity contribution in [3.05, 3.63) is 23.8 Å². The van der Waals surface area contributed by atoms with E-state index in [0.717, 1.165) is 44.2 Å². The number of carbonyl (C=O) groups is 2. The number of nitrogens with zero attached hydrogens (tertiary/aromatic N) is 1. The van der Waals surface area contributed by atoms with Crippen molar-refractivity contribution in [3.8, 4) is 0 Å². The molecule has 2 heterocycles. The van der Waals surface area contributed by atoms with E-state index in [1.54, 1.807) is 0 Å². The minimum atomic E-state index is -1.06. The Morgan fingerprint density at radius 1 is 1.29 bits per heavy atom. The molecule has 1 saturated heterocycles. The molecule has 1 spiro atoms. The molecule has 2 amide bonds. The van der Waals surface area contributed by atoms with Gasteiger partial charge in [0.1, 0.15) is 6.54 Å². The number of rotatable bonds is 2. The summed E-state index contributed by atoms with van der Waals surface area (Å²) >= 11 is 0. The highest BCUT2D eigenvalue weighted by atomic mass is 19.2. The van der Waals surface area contributed by atoms with Gasteiger partial charge in [-0.25, -0.2) is 8.78 Å². The maximum atomic E-state index is 13.6. The molecule has 0 unspecified atom stereocenters. The van der Waals surface area contributed by atoms with Crippen molar-refractivity contribution in [1.82, 2.24) is 0 Å². The lowest BCUT2D eigenvalue weighted by atomic mass is 9.78. The number of ether oxygens (including phenoxy) is 1.